The highest BCUT2D eigenvalue weighted by molar-refractivity contribution is 6.15. The zero-order chi connectivity index (χ0) is 9.84. The maximum Gasteiger partial charge on any atom is 0.0730 e. The molecule has 0 aromatic carbocycles. The lowest BCUT2D eigenvalue weighted by atomic mass is 9.90. The molecular formula is C12H15N. The van der Waals surface area contributed by atoms with Crippen LogP contribution in [-0.4, -0.2) is 5.71 Å². The topological polar surface area (TPSA) is 12.4 Å². The van der Waals surface area contributed by atoms with Gasteiger partial charge < -0.3 is 0 Å². The van der Waals surface area contributed by atoms with E-state index in [2.05, 4.69) is 38.1 Å². The Kier molecular flexibility index (Phi) is 3.02. The van der Waals surface area contributed by atoms with Gasteiger partial charge in [-0.2, -0.15) is 0 Å². The van der Waals surface area contributed by atoms with Crippen molar-refractivity contribution in [2.75, 3.05) is 0 Å². The van der Waals surface area contributed by atoms with Gasteiger partial charge in [0.05, 0.1) is 5.71 Å². The van der Waals surface area contributed by atoms with Crippen molar-refractivity contribution < 1.29 is 0 Å². The van der Waals surface area contributed by atoms with Crippen molar-refractivity contribution >= 4 is 5.71 Å². The number of aliphatic imine (C=N–C) groups is 1. The van der Waals surface area contributed by atoms with Crippen molar-refractivity contribution in [2.45, 2.75) is 13.8 Å². The predicted octanol–water partition coefficient (Wildman–Crippen LogP) is 3.28. The first-order valence-electron chi connectivity index (χ1n) is 4.43. The van der Waals surface area contributed by atoms with Crippen LogP contribution >= 0.6 is 0 Å². The lowest BCUT2D eigenvalue weighted by Gasteiger charge is -2.16. The van der Waals surface area contributed by atoms with Crippen LogP contribution in [0.2, 0.25) is 0 Å². The zero-order valence-electron chi connectivity index (χ0n) is 8.25. The van der Waals surface area contributed by atoms with E-state index in [1.165, 1.54) is 5.57 Å². The molecule has 0 unspecified atom stereocenters. The van der Waals surface area contributed by atoms with Crippen molar-refractivity contribution in [3.05, 3.63) is 48.7 Å². The molecule has 13 heavy (non-hydrogen) atoms. The van der Waals surface area contributed by atoms with E-state index >= 15 is 0 Å². The maximum atomic E-state index is 4.23. The largest absolute Gasteiger partial charge is 0.257 e. The predicted molar refractivity (Wildman–Crippen MR) is 58.8 cm³/mol. The molecule has 0 spiro atoms. The molecule has 0 aromatic rings. The van der Waals surface area contributed by atoms with Crippen molar-refractivity contribution in [1.82, 2.24) is 0 Å². The fourth-order valence-electron chi connectivity index (χ4n) is 1.33. The Bertz CT molecular complexity index is 314. The van der Waals surface area contributed by atoms with Gasteiger partial charge in [0.2, 0.25) is 0 Å². The molecule has 0 bridgehead atoms. The minimum Gasteiger partial charge on any atom is -0.257 e. The van der Waals surface area contributed by atoms with Crippen molar-refractivity contribution in [3.8, 4) is 0 Å². The first-order chi connectivity index (χ1) is 6.16. The van der Waals surface area contributed by atoms with Crippen LogP contribution in [0, 0.1) is 5.92 Å². The molecule has 1 nitrogen and oxygen atoms in total. The monoisotopic (exact) mass is 173 g/mol. The van der Waals surface area contributed by atoms with Crippen LogP contribution < -0.4 is 0 Å². The molecule has 0 fully saturated rings. The highest BCUT2D eigenvalue weighted by Crippen LogP contribution is 2.20. The van der Waals surface area contributed by atoms with Gasteiger partial charge in [0.25, 0.3) is 0 Å². The molecule has 1 aliphatic carbocycles. The first-order valence-corrected chi connectivity index (χ1v) is 4.43. The molecule has 0 radical (unpaired) electrons. The molecule has 0 aliphatic heterocycles. The highest BCUT2D eigenvalue weighted by atomic mass is 14.7. The van der Waals surface area contributed by atoms with Crippen LogP contribution in [0.5, 0.6) is 0 Å². The van der Waals surface area contributed by atoms with Crippen LogP contribution in [0.3, 0.4) is 0 Å². The van der Waals surface area contributed by atoms with Gasteiger partial charge in [-0.3, -0.25) is 4.99 Å². The number of nitrogens with zero attached hydrogens (tertiary/aromatic N) is 1. The number of hydrogen-bond donors (Lipinski definition) is 0. The molecule has 0 aromatic heterocycles. The molecule has 68 valence electrons. The molecule has 0 atom stereocenters. The Labute approximate surface area is 79.9 Å². The van der Waals surface area contributed by atoms with Crippen LogP contribution in [0.15, 0.2) is 53.7 Å². The van der Waals surface area contributed by atoms with E-state index in [9.17, 15) is 0 Å². The van der Waals surface area contributed by atoms with Gasteiger partial charge in [-0.15, -0.1) is 0 Å². The van der Waals surface area contributed by atoms with E-state index in [-0.39, 0.29) is 0 Å². The SMILES string of the molecule is C=CN=C1C(=C)C=CC=C1C(C)C. The van der Waals surface area contributed by atoms with E-state index in [1.54, 1.807) is 6.20 Å². The van der Waals surface area contributed by atoms with Crippen LogP contribution in [0.25, 0.3) is 0 Å². The molecule has 0 amide bonds. The third-order valence-electron chi connectivity index (χ3n) is 1.99. The summed E-state index contributed by atoms with van der Waals surface area (Å²) in [5.74, 6) is 0.473. The number of hydrogen-bond acceptors (Lipinski definition) is 1. The summed E-state index contributed by atoms with van der Waals surface area (Å²) in [6.45, 7) is 11.8. The summed E-state index contributed by atoms with van der Waals surface area (Å²) < 4.78 is 0. The molecule has 1 rings (SSSR count). The summed E-state index contributed by atoms with van der Waals surface area (Å²) in [6.07, 6.45) is 7.63. The van der Waals surface area contributed by atoms with Crippen molar-refractivity contribution in [1.29, 1.82) is 0 Å². The van der Waals surface area contributed by atoms with E-state index < -0.39 is 0 Å². The summed E-state index contributed by atoms with van der Waals surface area (Å²) in [4.78, 5) is 4.23. The van der Waals surface area contributed by atoms with Gasteiger partial charge >= 0.3 is 0 Å². The average molecular weight is 173 g/mol. The molecule has 0 N–H and O–H groups in total. The third kappa shape index (κ3) is 2.05. The Morgan fingerprint density at radius 1 is 1.46 bits per heavy atom. The minimum atomic E-state index is 0.473. The summed E-state index contributed by atoms with van der Waals surface area (Å²) in [7, 11) is 0. The normalized spacial score (nSPS) is 19.5. The smallest absolute Gasteiger partial charge is 0.0730 e. The van der Waals surface area contributed by atoms with E-state index in [0.717, 1.165) is 11.3 Å². The minimum absolute atomic E-state index is 0.473. The lowest BCUT2D eigenvalue weighted by molar-refractivity contribution is 0.802. The average Bonchev–Trinajstić information content (AvgIpc) is 2.08. The Hall–Kier alpha value is -1.37. The third-order valence-corrected chi connectivity index (χ3v) is 1.99. The van der Waals surface area contributed by atoms with Gasteiger partial charge in [0.15, 0.2) is 0 Å². The second kappa shape index (κ2) is 4.04. The molecular weight excluding hydrogens is 158 g/mol. The standard InChI is InChI=1S/C12H15N/c1-5-13-12-10(4)7-6-8-11(12)9(2)3/h5-9H,1,4H2,2-3H3. The Morgan fingerprint density at radius 3 is 2.69 bits per heavy atom. The Balaban J connectivity index is 3.10. The summed E-state index contributed by atoms with van der Waals surface area (Å²) >= 11 is 0. The van der Waals surface area contributed by atoms with Crippen molar-refractivity contribution in [2.24, 2.45) is 10.9 Å². The molecule has 1 heteroatoms. The summed E-state index contributed by atoms with van der Waals surface area (Å²) in [6, 6.07) is 0. The van der Waals surface area contributed by atoms with Crippen LogP contribution in [-0.2, 0) is 0 Å². The number of allylic oxidation sites excluding steroid dienone is 5. The molecule has 0 saturated heterocycles. The summed E-state index contributed by atoms with van der Waals surface area (Å²) in [5, 5.41) is 0. The lowest BCUT2D eigenvalue weighted by Crippen LogP contribution is -2.11. The fraction of sp³-hybridized carbons (Fsp3) is 0.250. The van der Waals surface area contributed by atoms with Gasteiger partial charge in [-0.05, 0) is 17.1 Å². The second-order valence-electron chi connectivity index (χ2n) is 3.32. The van der Waals surface area contributed by atoms with E-state index in [4.69, 9.17) is 0 Å². The fourth-order valence-corrected chi connectivity index (χ4v) is 1.33. The molecule has 0 heterocycles. The van der Waals surface area contributed by atoms with Gasteiger partial charge in [-0.25, -0.2) is 0 Å². The van der Waals surface area contributed by atoms with E-state index in [1.807, 2.05) is 12.2 Å². The van der Waals surface area contributed by atoms with Gasteiger partial charge in [0.1, 0.15) is 0 Å². The highest BCUT2D eigenvalue weighted by Gasteiger charge is 2.14. The van der Waals surface area contributed by atoms with E-state index in [0.29, 0.717) is 5.92 Å². The maximum absolute atomic E-state index is 4.23. The Morgan fingerprint density at radius 2 is 2.15 bits per heavy atom. The van der Waals surface area contributed by atoms with Crippen LogP contribution in [0.1, 0.15) is 13.8 Å². The second-order valence-corrected chi connectivity index (χ2v) is 3.32. The van der Waals surface area contributed by atoms with Crippen LogP contribution in [0.4, 0.5) is 0 Å². The van der Waals surface area contributed by atoms with Crippen molar-refractivity contribution in [3.63, 3.8) is 0 Å². The zero-order valence-corrected chi connectivity index (χ0v) is 8.25. The first kappa shape index (κ1) is 9.72. The molecule has 1 aliphatic rings. The molecule has 0 saturated carbocycles. The number of rotatable bonds is 2. The van der Waals surface area contributed by atoms with Gasteiger partial charge in [-0.1, -0.05) is 45.2 Å². The quantitative estimate of drug-likeness (QED) is 0.607. The summed E-state index contributed by atoms with van der Waals surface area (Å²) in [5.41, 5.74) is 3.16. The van der Waals surface area contributed by atoms with Gasteiger partial charge in [0, 0.05) is 6.20 Å².